The third kappa shape index (κ3) is 4.11. The van der Waals surface area contributed by atoms with Crippen molar-refractivity contribution in [1.82, 2.24) is 9.78 Å². The summed E-state index contributed by atoms with van der Waals surface area (Å²) in [6, 6.07) is 17.9. The van der Waals surface area contributed by atoms with Gasteiger partial charge in [0, 0.05) is 16.0 Å². The molecule has 1 unspecified atom stereocenters. The van der Waals surface area contributed by atoms with Crippen LogP contribution >= 0.6 is 11.6 Å². The number of alkyl halides is 3. The fourth-order valence-corrected chi connectivity index (χ4v) is 3.86. The van der Waals surface area contributed by atoms with E-state index in [1.807, 2.05) is 24.3 Å². The van der Waals surface area contributed by atoms with Crippen LogP contribution in [0.2, 0.25) is 5.02 Å². The van der Waals surface area contributed by atoms with Crippen LogP contribution in [0.3, 0.4) is 0 Å². The lowest BCUT2D eigenvalue weighted by atomic mass is 9.98. The summed E-state index contributed by atoms with van der Waals surface area (Å²) in [6.45, 7) is 0.367. The molecule has 0 spiro atoms. The van der Waals surface area contributed by atoms with Crippen molar-refractivity contribution in [3.63, 3.8) is 0 Å². The summed E-state index contributed by atoms with van der Waals surface area (Å²) >= 11 is 6.09. The minimum Gasteiger partial charge on any atom is -0.497 e. The van der Waals surface area contributed by atoms with Crippen LogP contribution in [0.25, 0.3) is 10.9 Å². The molecule has 1 atom stereocenters. The van der Waals surface area contributed by atoms with Gasteiger partial charge in [-0.2, -0.15) is 18.3 Å². The molecular formula is C23H18ClF3N2O2. The number of hydrogen-bond donors (Lipinski definition) is 1. The molecule has 160 valence electrons. The first-order valence-electron chi connectivity index (χ1n) is 9.41. The van der Waals surface area contributed by atoms with E-state index in [0.29, 0.717) is 23.2 Å². The summed E-state index contributed by atoms with van der Waals surface area (Å²) in [5, 5.41) is 15.8. The van der Waals surface area contributed by atoms with Crippen molar-refractivity contribution in [1.29, 1.82) is 0 Å². The van der Waals surface area contributed by atoms with Crippen LogP contribution in [-0.2, 0) is 12.7 Å². The molecule has 4 rings (SSSR count). The van der Waals surface area contributed by atoms with E-state index < -0.39 is 23.4 Å². The quantitative estimate of drug-likeness (QED) is 0.418. The summed E-state index contributed by atoms with van der Waals surface area (Å²) < 4.78 is 47.5. The summed E-state index contributed by atoms with van der Waals surface area (Å²) in [4.78, 5) is 0. The van der Waals surface area contributed by atoms with Gasteiger partial charge in [-0.25, -0.2) is 0 Å². The van der Waals surface area contributed by atoms with Gasteiger partial charge in [-0.05, 0) is 35.9 Å². The molecule has 4 aromatic rings. The highest BCUT2D eigenvalue weighted by Crippen LogP contribution is 2.41. The molecule has 0 aliphatic carbocycles. The first-order valence-corrected chi connectivity index (χ1v) is 9.79. The van der Waals surface area contributed by atoms with Gasteiger partial charge in [0.15, 0.2) is 0 Å². The van der Waals surface area contributed by atoms with Crippen LogP contribution in [0.1, 0.15) is 28.5 Å². The molecule has 0 fully saturated rings. The number of fused-ring (bicyclic) bond motifs is 1. The van der Waals surface area contributed by atoms with Crippen LogP contribution in [0, 0.1) is 0 Å². The van der Waals surface area contributed by atoms with Gasteiger partial charge < -0.3 is 9.84 Å². The maximum atomic E-state index is 13.6. The summed E-state index contributed by atoms with van der Waals surface area (Å²) in [7, 11) is 1.58. The van der Waals surface area contributed by atoms with E-state index in [-0.39, 0.29) is 10.7 Å². The van der Waals surface area contributed by atoms with E-state index in [1.165, 1.54) is 12.1 Å². The molecule has 4 nitrogen and oxygen atoms in total. The Balaban J connectivity index is 1.81. The van der Waals surface area contributed by atoms with Crippen LogP contribution < -0.4 is 4.74 Å². The van der Waals surface area contributed by atoms with E-state index in [2.05, 4.69) is 5.10 Å². The van der Waals surface area contributed by atoms with Crippen LogP contribution in [0.4, 0.5) is 13.2 Å². The highest BCUT2D eigenvalue weighted by Gasteiger charge is 2.37. The second-order valence-corrected chi connectivity index (χ2v) is 7.42. The van der Waals surface area contributed by atoms with E-state index in [9.17, 15) is 18.3 Å². The van der Waals surface area contributed by atoms with E-state index in [0.717, 1.165) is 11.6 Å². The minimum absolute atomic E-state index is 0.114. The molecule has 0 amide bonds. The lowest BCUT2D eigenvalue weighted by Crippen LogP contribution is -2.14. The Hall–Kier alpha value is -3.03. The lowest BCUT2D eigenvalue weighted by molar-refractivity contribution is -0.139. The second-order valence-electron chi connectivity index (χ2n) is 7.01. The monoisotopic (exact) mass is 446 g/mol. The maximum Gasteiger partial charge on any atom is 0.416 e. The molecule has 0 aliphatic heterocycles. The fraction of sp³-hybridized carbons (Fsp3) is 0.174. The molecule has 1 heterocycles. The second kappa shape index (κ2) is 8.24. The molecule has 31 heavy (non-hydrogen) atoms. The normalized spacial score (nSPS) is 12.8. The number of hydrogen-bond acceptors (Lipinski definition) is 3. The van der Waals surface area contributed by atoms with Gasteiger partial charge in [-0.1, -0.05) is 48.0 Å². The third-order valence-electron chi connectivity index (χ3n) is 5.07. The standard InChI is InChI=1S/C23H18ClF3N2O2/c1-31-15-11-9-14(10-12-15)13-29-19-8-3-2-5-16(19)21(28-29)22(30)20-17(23(25,26)27)6-4-7-18(20)24/h2-12,22,30H,13H2,1H3. The Morgan fingerprint density at radius 2 is 1.74 bits per heavy atom. The number of methoxy groups -OCH3 is 1. The maximum absolute atomic E-state index is 13.6. The van der Waals surface area contributed by atoms with Crippen LogP contribution in [0.15, 0.2) is 66.7 Å². The highest BCUT2D eigenvalue weighted by molar-refractivity contribution is 6.31. The largest absolute Gasteiger partial charge is 0.497 e. The number of para-hydroxylation sites is 1. The van der Waals surface area contributed by atoms with Crippen LogP contribution in [0.5, 0.6) is 5.75 Å². The summed E-state index contributed by atoms with van der Waals surface area (Å²) in [6.07, 6.45) is -6.31. The Bertz CT molecular complexity index is 1220. The van der Waals surface area contributed by atoms with Crippen molar-refractivity contribution in [2.45, 2.75) is 18.8 Å². The molecule has 0 saturated carbocycles. The Kier molecular flexibility index (Phi) is 5.64. The smallest absolute Gasteiger partial charge is 0.416 e. The number of aliphatic hydroxyl groups is 1. The molecule has 8 heteroatoms. The highest BCUT2D eigenvalue weighted by atomic mass is 35.5. The molecule has 0 saturated heterocycles. The average Bonchev–Trinajstić information content (AvgIpc) is 3.11. The molecule has 1 aromatic heterocycles. The van der Waals surface area contributed by atoms with Crippen molar-refractivity contribution in [3.05, 3.63) is 94.1 Å². The number of nitrogens with zero attached hydrogens (tertiary/aromatic N) is 2. The zero-order valence-corrected chi connectivity index (χ0v) is 17.2. The predicted octanol–water partition coefficient (Wildman–Crippen LogP) is 5.85. The summed E-state index contributed by atoms with van der Waals surface area (Å²) in [5.41, 5.74) is 0.331. The molecule has 0 bridgehead atoms. The topological polar surface area (TPSA) is 47.3 Å². The number of benzene rings is 3. The number of aliphatic hydroxyl groups excluding tert-OH is 1. The number of halogens is 4. The Labute approximate surface area is 181 Å². The lowest BCUT2D eigenvalue weighted by Gasteiger charge is -2.18. The number of ether oxygens (including phenoxy) is 1. The number of aromatic nitrogens is 2. The van der Waals surface area contributed by atoms with Gasteiger partial charge in [-0.15, -0.1) is 0 Å². The molecule has 0 aliphatic rings. The SMILES string of the molecule is COc1ccc(Cn2nc(C(O)c3c(Cl)cccc3C(F)(F)F)c3ccccc32)cc1. The fourth-order valence-electron chi connectivity index (χ4n) is 3.58. The van der Waals surface area contributed by atoms with Crippen molar-refractivity contribution in [3.8, 4) is 5.75 Å². The van der Waals surface area contributed by atoms with Gasteiger partial charge >= 0.3 is 6.18 Å². The Morgan fingerprint density at radius 1 is 1.03 bits per heavy atom. The first kappa shape index (κ1) is 21.2. The van der Waals surface area contributed by atoms with E-state index in [1.54, 1.807) is 36.1 Å². The van der Waals surface area contributed by atoms with Gasteiger partial charge in [0.05, 0.1) is 24.7 Å². The molecule has 0 radical (unpaired) electrons. The van der Waals surface area contributed by atoms with E-state index in [4.69, 9.17) is 16.3 Å². The van der Waals surface area contributed by atoms with Crippen molar-refractivity contribution < 1.29 is 23.0 Å². The predicted molar refractivity (Wildman–Crippen MR) is 112 cm³/mol. The van der Waals surface area contributed by atoms with Crippen molar-refractivity contribution in [2.75, 3.05) is 7.11 Å². The molecule has 1 N–H and O–H groups in total. The molecule has 3 aromatic carbocycles. The van der Waals surface area contributed by atoms with E-state index >= 15 is 0 Å². The van der Waals surface area contributed by atoms with Gasteiger partial charge in [0.25, 0.3) is 0 Å². The number of rotatable bonds is 5. The average molecular weight is 447 g/mol. The Morgan fingerprint density at radius 3 is 2.42 bits per heavy atom. The first-order chi connectivity index (χ1) is 14.8. The van der Waals surface area contributed by atoms with Gasteiger partial charge in [0.1, 0.15) is 17.5 Å². The third-order valence-corrected chi connectivity index (χ3v) is 5.40. The van der Waals surface area contributed by atoms with Gasteiger partial charge in [0.2, 0.25) is 0 Å². The molecular weight excluding hydrogens is 429 g/mol. The van der Waals surface area contributed by atoms with Crippen LogP contribution in [-0.4, -0.2) is 22.0 Å². The zero-order chi connectivity index (χ0) is 22.2. The zero-order valence-electron chi connectivity index (χ0n) is 16.4. The van der Waals surface area contributed by atoms with Gasteiger partial charge in [-0.3, -0.25) is 4.68 Å². The minimum atomic E-state index is -4.66. The summed E-state index contributed by atoms with van der Waals surface area (Å²) in [5.74, 6) is 0.712. The van der Waals surface area contributed by atoms with Crippen molar-refractivity contribution >= 4 is 22.5 Å². The van der Waals surface area contributed by atoms with Crippen molar-refractivity contribution in [2.24, 2.45) is 0 Å².